The zero-order chi connectivity index (χ0) is 13.3. The summed E-state index contributed by atoms with van der Waals surface area (Å²) in [4.78, 5) is 7.13. The molecule has 0 radical (unpaired) electrons. The second kappa shape index (κ2) is 4.04. The maximum atomic E-state index is 6.04. The molecule has 5 nitrogen and oxygen atoms in total. The first-order valence-corrected chi connectivity index (χ1v) is 8.02. The average molecular weight is 275 g/mol. The van der Waals surface area contributed by atoms with Crippen LogP contribution < -0.4 is 0 Å². The molecule has 0 spiro atoms. The Hall–Kier alpha value is -0.940. The standard InChI is InChI=1S/C15H21N3O2/c1-8(15-16-14(17-20-15)9-2-3-9)18-6-10-11(7-18)13-5-4-12(10)19-13/h8-13H,2-7H2,1H3/t8-,10-,11+,12+,13+/m0/s1. The second-order valence-electron chi connectivity index (χ2n) is 7.01. The summed E-state index contributed by atoms with van der Waals surface area (Å²) in [5, 5.41) is 4.15. The zero-order valence-electron chi connectivity index (χ0n) is 11.9. The zero-order valence-corrected chi connectivity index (χ0v) is 11.9. The molecule has 4 fully saturated rings. The van der Waals surface area contributed by atoms with Crippen molar-refractivity contribution in [2.45, 2.75) is 56.8 Å². The van der Waals surface area contributed by atoms with E-state index in [4.69, 9.17) is 9.26 Å². The Kier molecular flexibility index (Phi) is 2.36. The number of fused-ring (bicyclic) bond motifs is 5. The summed E-state index contributed by atoms with van der Waals surface area (Å²) in [5.41, 5.74) is 0. The molecule has 1 aliphatic carbocycles. The van der Waals surface area contributed by atoms with Gasteiger partial charge in [-0.3, -0.25) is 4.90 Å². The predicted molar refractivity (Wildman–Crippen MR) is 71.1 cm³/mol. The van der Waals surface area contributed by atoms with Gasteiger partial charge in [0.1, 0.15) is 0 Å². The molecule has 5 atom stereocenters. The van der Waals surface area contributed by atoms with Gasteiger partial charge in [-0.1, -0.05) is 5.16 Å². The Bertz CT molecular complexity index is 509. The summed E-state index contributed by atoms with van der Waals surface area (Å²) < 4.78 is 11.5. The Morgan fingerprint density at radius 2 is 1.80 bits per heavy atom. The van der Waals surface area contributed by atoms with Gasteiger partial charge < -0.3 is 9.26 Å². The van der Waals surface area contributed by atoms with Crippen molar-refractivity contribution >= 4 is 0 Å². The lowest BCUT2D eigenvalue weighted by Gasteiger charge is -2.22. The van der Waals surface area contributed by atoms with E-state index >= 15 is 0 Å². The number of likely N-dealkylation sites (tertiary alicyclic amines) is 1. The molecule has 108 valence electrons. The lowest BCUT2D eigenvalue weighted by molar-refractivity contribution is 0.0626. The molecule has 1 saturated carbocycles. The van der Waals surface area contributed by atoms with Crippen LogP contribution in [0.2, 0.25) is 0 Å². The van der Waals surface area contributed by atoms with Gasteiger partial charge >= 0.3 is 0 Å². The van der Waals surface area contributed by atoms with Gasteiger partial charge in [0.25, 0.3) is 0 Å². The minimum atomic E-state index is 0.250. The molecular weight excluding hydrogens is 254 g/mol. The normalized spacial score (nSPS) is 41.2. The van der Waals surface area contributed by atoms with E-state index in [-0.39, 0.29) is 6.04 Å². The summed E-state index contributed by atoms with van der Waals surface area (Å²) in [5.74, 6) is 3.78. The van der Waals surface area contributed by atoms with Crippen LogP contribution in [0.4, 0.5) is 0 Å². The van der Waals surface area contributed by atoms with Crippen LogP contribution in [-0.4, -0.2) is 40.3 Å². The molecule has 5 heteroatoms. The third kappa shape index (κ3) is 1.62. The first-order chi connectivity index (χ1) is 9.79. The van der Waals surface area contributed by atoms with Gasteiger partial charge in [0, 0.05) is 30.8 Å². The summed E-state index contributed by atoms with van der Waals surface area (Å²) in [7, 11) is 0. The SMILES string of the molecule is C[C@@H](c1nc(C2CC2)no1)N1C[C@@H]2[C@H](C1)[C@H]1CC[C@H]2O1. The van der Waals surface area contributed by atoms with Crippen molar-refractivity contribution in [2.75, 3.05) is 13.1 Å². The average Bonchev–Trinajstić information content (AvgIpc) is 2.94. The van der Waals surface area contributed by atoms with Crippen LogP contribution in [0.3, 0.4) is 0 Å². The molecule has 0 N–H and O–H groups in total. The van der Waals surface area contributed by atoms with E-state index in [1.165, 1.54) is 25.7 Å². The van der Waals surface area contributed by atoms with E-state index in [1.807, 2.05) is 0 Å². The van der Waals surface area contributed by atoms with Crippen molar-refractivity contribution in [3.63, 3.8) is 0 Å². The van der Waals surface area contributed by atoms with Crippen LogP contribution in [0.1, 0.15) is 56.3 Å². The van der Waals surface area contributed by atoms with E-state index in [0.29, 0.717) is 18.1 Å². The van der Waals surface area contributed by atoms with E-state index in [1.54, 1.807) is 0 Å². The van der Waals surface area contributed by atoms with Gasteiger partial charge in [-0.05, 0) is 32.6 Å². The highest BCUT2D eigenvalue weighted by atomic mass is 16.5. The minimum absolute atomic E-state index is 0.250. The quantitative estimate of drug-likeness (QED) is 0.845. The molecule has 0 unspecified atom stereocenters. The fraction of sp³-hybridized carbons (Fsp3) is 0.867. The van der Waals surface area contributed by atoms with E-state index in [0.717, 1.165) is 36.6 Å². The highest BCUT2D eigenvalue weighted by Crippen LogP contribution is 2.48. The summed E-state index contributed by atoms with van der Waals surface area (Å²) >= 11 is 0. The molecule has 4 heterocycles. The third-order valence-electron chi connectivity index (χ3n) is 5.79. The number of aromatic nitrogens is 2. The van der Waals surface area contributed by atoms with Crippen LogP contribution in [-0.2, 0) is 4.74 Å². The Labute approximate surface area is 118 Å². The monoisotopic (exact) mass is 275 g/mol. The lowest BCUT2D eigenvalue weighted by Crippen LogP contribution is -2.28. The molecule has 4 aliphatic rings. The molecule has 20 heavy (non-hydrogen) atoms. The van der Waals surface area contributed by atoms with Crippen molar-refractivity contribution in [3.05, 3.63) is 11.7 Å². The summed E-state index contributed by atoms with van der Waals surface area (Å²) in [6.45, 7) is 4.47. The van der Waals surface area contributed by atoms with Crippen molar-refractivity contribution in [2.24, 2.45) is 11.8 Å². The fourth-order valence-corrected chi connectivity index (χ4v) is 4.39. The Morgan fingerprint density at radius 1 is 1.10 bits per heavy atom. The van der Waals surface area contributed by atoms with Crippen LogP contribution in [0.5, 0.6) is 0 Å². The summed E-state index contributed by atoms with van der Waals surface area (Å²) in [6, 6.07) is 0.250. The molecule has 3 aliphatic heterocycles. The van der Waals surface area contributed by atoms with Crippen LogP contribution in [0.25, 0.3) is 0 Å². The number of ether oxygens (including phenoxy) is 1. The molecule has 0 aromatic carbocycles. The predicted octanol–water partition coefficient (Wildman–Crippen LogP) is 2.12. The maximum absolute atomic E-state index is 6.04. The highest BCUT2D eigenvalue weighted by Gasteiger charge is 2.53. The third-order valence-corrected chi connectivity index (χ3v) is 5.79. The molecule has 5 rings (SSSR count). The largest absolute Gasteiger partial charge is 0.374 e. The Morgan fingerprint density at radius 3 is 2.45 bits per heavy atom. The van der Waals surface area contributed by atoms with Crippen molar-refractivity contribution in [3.8, 4) is 0 Å². The van der Waals surface area contributed by atoms with Gasteiger partial charge in [0.15, 0.2) is 5.82 Å². The van der Waals surface area contributed by atoms with Gasteiger partial charge in [-0.2, -0.15) is 4.98 Å². The first kappa shape index (κ1) is 11.7. The number of rotatable bonds is 3. The van der Waals surface area contributed by atoms with Crippen LogP contribution in [0.15, 0.2) is 4.52 Å². The Balaban J connectivity index is 1.33. The number of hydrogen-bond donors (Lipinski definition) is 0. The minimum Gasteiger partial charge on any atom is -0.374 e. The molecule has 3 saturated heterocycles. The first-order valence-electron chi connectivity index (χ1n) is 8.02. The molecule has 2 bridgehead atoms. The second-order valence-corrected chi connectivity index (χ2v) is 7.01. The molecular formula is C15H21N3O2. The maximum Gasteiger partial charge on any atom is 0.243 e. The van der Waals surface area contributed by atoms with E-state index < -0.39 is 0 Å². The summed E-state index contributed by atoms with van der Waals surface area (Å²) in [6.07, 6.45) is 6.02. The fourth-order valence-electron chi connectivity index (χ4n) is 4.39. The van der Waals surface area contributed by atoms with E-state index in [9.17, 15) is 0 Å². The highest BCUT2D eigenvalue weighted by molar-refractivity contribution is 5.07. The number of nitrogens with zero attached hydrogens (tertiary/aromatic N) is 3. The lowest BCUT2D eigenvalue weighted by atomic mass is 9.82. The van der Waals surface area contributed by atoms with Gasteiger partial charge in [-0.15, -0.1) is 0 Å². The van der Waals surface area contributed by atoms with Crippen molar-refractivity contribution in [1.29, 1.82) is 0 Å². The number of hydrogen-bond acceptors (Lipinski definition) is 5. The van der Waals surface area contributed by atoms with Gasteiger partial charge in [0.2, 0.25) is 5.89 Å². The molecule has 1 aromatic heterocycles. The van der Waals surface area contributed by atoms with Crippen LogP contribution >= 0.6 is 0 Å². The van der Waals surface area contributed by atoms with Crippen LogP contribution in [0, 0.1) is 11.8 Å². The molecule has 0 amide bonds. The smallest absolute Gasteiger partial charge is 0.243 e. The molecule has 1 aromatic rings. The van der Waals surface area contributed by atoms with Gasteiger partial charge in [0.05, 0.1) is 18.2 Å². The van der Waals surface area contributed by atoms with Gasteiger partial charge in [-0.25, -0.2) is 0 Å². The van der Waals surface area contributed by atoms with Crippen molar-refractivity contribution < 1.29 is 9.26 Å². The van der Waals surface area contributed by atoms with E-state index in [2.05, 4.69) is 22.0 Å². The topological polar surface area (TPSA) is 51.4 Å². The van der Waals surface area contributed by atoms with Crippen molar-refractivity contribution in [1.82, 2.24) is 15.0 Å².